The van der Waals surface area contributed by atoms with Gasteiger partial charge in [0.15, 0.2) is 0 Å². The van der Waals surface area contributed by atoms with Crippen LogP contribution in [0.25, 0.3) is 0 Å². The quantitative estimate of drug-likeness (QED) is 0.791. The molecule has 1 aromatic rings. The highest BCUT2D eigenvalue weighted by Gasteiger charge is 2.18. The smallest absolute Gasteiger partial charge is 0.267 e. The number of carbonyl (C=O) groups excluding carboxylic acids is 1. The van der Waals surface area contributed by atoms with Gasteiger partial charge in [0.1, 0.15) is 11.5 Å². The second-order valence-electron chi connectivity index (χ2n) is 3.73. The minimum Gasteiger partial charge on any atom is -0.496 e. The number of alkyl halides is 2. The molecule has 0 saturated carbocycles. The van der Waals surface area contributed by atoms with E-state index in [-0.39, 0.29) is 23.5 Å². The van der Waals surface area contributed by atoms with Gasteiger partial charge in [-0.15, -0.1) is 0 Å². The molecule has 0 aliphatic carbocycles. The molecule has 0 fully saturated rings. The van der Waals surface area contributed by atoms with E-state index in [2.05, 4.69) is 0 Å². The normalized spacial score (nSPS) is 10.6. The minimum absolute atomic E-state index is 0.0795. The molecule has 1 rings (SSSR count). The summed E-state index contributed by atoms with van der Waals surface area (Å²) < 4.78 is 30.5. The predicted molar refractivity (Wildman–Crippen MR) is 57.1 cm³/mol. The van der Waals surface area contributed by atoms with Crippen molar-refractivity contribution in [1.82, 2.24) is 0 Å². The maximum atomic E-state index is 12.7. The van der Waals surface area contributed by atoms with Gasteiger partial charge in [-0.05, 0) is 19.9 Å². The SMILES string of the molecule is COc1c(CC(C)=O)cc(C)cc1C(F)F. The van der Waals surface area contributed by atoms with E-state index in [1.54, 1.807) is 13.0 Å². The highest BCUT2D eigenvalue weighted by atomic mass is 19.3. The molecule has 0 N–H and O–H groups in total. The first-order chi connectivity index (χ1) is 7.45. The molecule has 1 aromatic carbocycles. The molecule has 0 aliphatic rings. The average molecular weight is 228 g/mol. The van der Waals surface area contributed by atoms with E-state index in [1.807, 2.05) is 0 Å². The molecule has 2 nitrogen and oxygen atoms in total. The summed E-state index contributed by atoms with van der Waals surface area (Å²) in [5.41, 5.74) is 1.07. The monoisotopic (exact) mass is 228 g/mol. The molecule has 0 atom stereocenters. The number of ether oxygens (including phenoxy) is 1. The van der Waals surface area contributed by atoms with Crippen molar-refractivity contribution in [3.8, 4) is 5.75 Å². The lowest BCUT2D eigenvalue weighted by atomic mass is 10.0. The van der Waals surface area contributed by atoms with Crippen LogP contribution < -0.4 is 4.74 Å². The van der Waals surface area contributed by atoms with E-state index in [4.69, 9.17) is 4.74 Å². The van der Waals surface area contributed by atoms with Crippen LogP contribution >= 0.6 is 0 Å². The standard InChI is InChI=1S/C12H14F2O2/c1-7-4-9(6-8(2)15)11(16-3)10(5-7)12(13)14/h4-5,12H,6H2,1-3H3. The Morgan fingerprint density at radius 3 is 2.50 bits per heavy atom. The maximum Gasteiger partial charge on any atom is 0.267 e. The summed E-state index contributed by atoms with van der Waals surface area (Å²) in [6.45, 7) is 3.14. The highest BCUT2D eigenvalue weighted by Crippen LogP contribution is 2.33. The number of ketones is 1. The van der Waals surface area contributed by atoms with Gasteiger partial charge in [0.25, 0.3) is 6.43 Å². The van der Waals surface area contributed by atoms with Crippen LogP contribution in [0.15, 0.2) is 12.1 Å². The molecule has 0 radical (unpaired) electrons. The number of hydrogen-bond acceptors (Lipinski definition) is 2. The number of rotatable bonds is 4. The van der Waals surface area contributed by atoms with Gasteiger partial charge in [-0.25, -0.2) is 8.78 Å². The van der Waals surface area contributed by atoms with Crippen LogP contribution in [0.4, 0.5) is 8.78 Å². The zero-order valence-electron chi connectivity index (χ0n) is 9.51. The zero-order chi connectivity index (χ0) is 12.3. The van der Waals surface area contributed by atoms with Crippen molar-refractivity contribution in [2.45, 2.75) is 26.7 Å². The van der Waals surface area contributed by atoms with Gasteiger partial charge in [0.2, 0.25) is 0 Å². The first-order valence-electron chi connectivity index (χ1n) is 4.90. The number of halogens is 2. The lowest BCUT2D eigenvalue weighted by Gasteiger charge is -2.13. The molecule has 0 saturated heterocycles. The Morgan fingerprint density at radius 1 is 1.44 bits per heavy atom. The molecule has 0 heterocycles. The van der Waals surface area contributed by atoms with E-state index in [9.17, 15) is 13.6 Å². The molecule has 0 aliphatic heterocycles. The Hall–Kier alpha value is -1.45. The van der Waals surface area contributed by atoms with E-state index in [1.165, 1.54) is 20.1 Å². The summed E-state index contributed by atoms with van der Waals surface area (Å²) in [5.74, 6) is 0.0416. The van der Waals surface area contributed by atoms with Gasteiger partial charge in [-0.1, -0.05) is 11.6 Å². The highest BCUT2D eigenvalue weighted by molar-refractivity contribution is 5.79. The van der Waals surface area contributed by atoms with Crippen molar-refractivity contribution in [1.29, 1.82) is 0 Å². The van der Waals surface area contributed by atoms with Crippen molar-refractivity contribution >= 4 is 5.78 Å². The fourth-order valence-electron chi connectivity index (χ4n) is 1.69. The number of aryl methyl sites for hydroxylation is 1. The summed E-state index contributed by atoms with van der Waals surface area (Å²) in [5, 5.41) is 0. The summed E-state index contributed by atoms with van der Waals surface area (Å²) >= 11 is 0. The third-order valence-corrected chi connectivity index (χ3v) is 2.22. The Kier molecular flexibility index (Phi) is 3.99. The Bertz CT molecular complexity index is 400. The predicted octanol–water partition coefficient (Wildman–Crippen LogP) is 3.07. The molecular weight excluding hydrogens is 214 g/mol. The van der Waals surface area contributed by atoms with Gasteiger partial charge in [-0.3, -0.25) is 4.79 Å². The Labute approximate surface area is 93.2 Å². The molecule has 0 unspecified atom stereocenters. The summed E-state index contributed by atoms with van der Waals surface area (Å²) in [4.78, 5) is 11.0. The van der Waals surface area contributed by atoms with Gasteiger partial charge in [-0.2, -0.15) is 0 Å². The third kappa shape index (κ3) is 2.78. The van der Waals surface area contributed by atoms with Crippen molar-refractivity contribution in [3.63, 3.8) is 0 Å². The number of Topliss-reactive ketones (excluding diaryl/α,β-unsaturated/α-hetero) is 1. The molecule has 0 bridgehead atoms. The average Bonchev–Trinajstić information content (AvgIpc) is 2.15. The fourth-order valence-corrected chi connectivity index (χ4v) is 1.69. The Morgan fingerprint density at radius 2 is 2.06 bits per heavy atom. The lowest BCUT2D eigenvalue weighted by molar-refractivity contribution is -0.116. The molecule has 88 valence electrons. The first kappa shape index (κ1) is 12.6. The molecule has 4 heteroatoms. The largest absolute Gasteiger partial charge is 0.496 e. The van der Waals surface area contributed by atoms with Crippen LogP contribution in [0, 0.1) is 6.92 Å². The second kappa shape index (κ2) is 5.05. The van der Waals surface area contributed by atoms with Crippen LogP contribution in [-0.4, -0.2) is 12.9 Å². The number of methoxy groups -OCH3 is 1. The van der Waals surface area contributed by atoms with Gasteiger partial charge < -0.3 is 4.74 Å². The minimum atomic E-state index is -2.60. The van der Waals surface area contributed by atoms with E-state index < -0.39 is 6.43 Å². The van der Waals surface area contributed by atoms with Crippen LogP contribution in [0.2, 0.25) is 0 Å². The molecule has 16 heavy (non-hydrogen) atoms. The molecule has 0 aromatic heterocycles. The van der Waals surface area contributed by atoms with E-state index in [0.29, 0.717) is 11.1 Å². The van der Waals surface area contributed by atoms with Gasteiger partial charge in [0, 0.05) is 12.0 Å². The molecule has 0 amide bonds. The molecular formula is C12H14F2O2. The lowest BCUT2D eigenvalue weighted by Crippen LogP contribution is -2.03. The number of carbonyl (C=O) groups is 1. The maximum absolute atomic E-state index is 12.7. The number of hydrogen-bond donors (Lipinski definition) is 0. The third-order valence-electron chi connectivity index (χ3n) is 2.22. The van der Waals surface area contributed by atoms with Crippen molar-refractivity contribution in [2.75, 3.05) is 7.11 Å². The van der Waals surface area contributed by atoms with Crippen molar-refractivity contribution in [2.24, 2.45) is 0 Å². The first-order valence-corrected chi connectivity index (χ1v) is 4.90. The summed E-state index contributed by atoms with van der Waals surface area (Å²) in [6.07, 6.45) is -2.48. The fraction of sp³-hybridized carbons (Fsp3) is 0.417. The van der Waals surface area contributed by atoms with Crippen molar-refractivity contribution in [3.05, 3.63) is 28.8 Å². The van der Waals surface area contributed by atoms with Crippen LogP contribution in [0.1, 0.15) is 30.0 Å². The summed E-state index contributed by atoms with van der Waals surface area (Å²) in [7, 11) is 1.33. The van der Waals surface area contributed by atoms with Gasteiger partial charge >= 0.3 is 0 Å². The van der Waals surface area contributed by atoms with Crippen LogP contribution in [0.5, 0.6) is 5.75 Å². The second-order valence-corrected chi connectivity index (χ2v) is 3.73. The topological polar surface area (TPSA) is 26.3 Å². The zero-order valence-corrected chi connectivity index (χ0v) is 9.51. The summed E-state index contributed by atoms with van der Waals surface area (Å²) in [6, 6.07) is 3.08. The molecule has 0 spiro atoms. The number of benzene rings is 1. The van der Waals surface area contributed by atoms with Crippen molar-refractivity contribution < 1.29 is 18.3 Å². The van der Waals surface area contributed by atoms with Crippen LogP contribution in [0.3, 0.4) is 0 Å². The van der Waals surface area contributed by atoms with Gasteiger partial charge in [0.05, 0.1) is 12.7 Å². The van der Waals surface area contributed by atoms with E-state index in [0.717, 1.165) is 0 Å². The van der Waals surface area contributed by atoms with E-state index >= 15 is 0 Å². The Balaban J connectivity index is 3.29. The van der Waals surface area contributed by atoms with Crippen LogP contribution in [-0.2, 0) is 11.2 Å².